The van der Waals surface area contributed by atoms with Gasteiger partial charge in [-0.15, -0.1) is 0 Å². The normalized spacial score (nSPS) is 10.3. The van der Waals surface area contributed by atoms with Gasteiger partial charge >= 0.3 is 5.97 Å². The average Bonchev–Trinajstić information content (AvgIpc) is 3.08. The summed E-state index contributed by atoms with van der Waals surface area (Å²) < 4.78 is 12.2. The van der Waals surface area contributed by atoms with Crippen molar-refractivity contribution in [3.63, 3.8) is 0 Å². The van der Waals surface area contributed by atoms with Crippen LogP contribution < -0.4 is 10.5 Å². The molecule has 0 radical (unpaired) electrons. The van der Waals surface area contributed by atoms with Gasteiger partial charge in [0.1, 0.15) is 11.8 Å². The number of carbonyl (C=O) groups excluding carboxylic acids is 1. The molecule has 0 spiro atoms. The van der Waals surface area contributed by atoms with Crippen molar-refractivity contribution >= 4 is 11.7 Å². The summed E-state index contributed by atoms with van der Waals surface area (Å²) in [5, 5.41) is 9.23. The van der Waals surface area contributed by atoms with E-state index in [1.165, 1.54) is 18.9 Å². The molecule has 0 aliphatic carbocycles. The number of nitrogen functional groups attached to an aromatic ring is 1. The van der Waals surface area contributed by atoms with E-state index in [9.17, 15) is 10.1 Å². The van der Waals surface area contributed by atoms with Gasteiger partial charge in [0.15, 0.2) is 5.69 Å². The first-order valence-electron chi connectivity index (χ1n) is 8.90. The molecule has 1 aromatic heterocycles. The molecule has 0 aliphatic heterocycles. The predicted molar refractivity (Wildman–Crippen MR) is 106 cm³/mol. The van der Waals surface area contributed by atoms with Crippen LogP contribution in [0.25, 0.3) is 5.69 Å². The van der Waals surface area contributed by atoms with Crippen LogP contribution in [0.15, 0.2) is 60.8 Å². The smallest absolute Gasteiger partial charge is 0.357 e. The van der Waals surface area contributed by atoms with Crippen molar-refractivity contribution in [2.24, 2.45) is 0 Å². The van der Waals surface area contributed by atoms with Crippen LogP contribution in [0.5, 0.6) is 5.75 Å². The number of rotatable bonds is 7. The Kier molecular flexibility index (Phi) is 5.97. The first-order valence-corrected chi connectivity index (χ1v) is 8.90. The molecular formula is C22H21N3O3. The van der Waals surface area contributed by atoms with Crippen molar-refractivity contribution in [1.82, 2.24) is 4.57 Å². The van der Waals surface area contributed by atoms with E-state index < -0.39 is 5.97 Å². The number of hydrogen-bond donors (Lipinski definition) is 1. The first-order chi connectivity index (χ1) is 13.6. The summed E-state index contributed by atoms with van der Waals surface area (Å²) in [6.07, 6.45) is 3.35. The maximum Gasteiger partial charge on any atom is 0.357 e. The summed E-state index contributed by atoms with van der Waals surface area (Å²) in [6, 6.07) is 19.5. The van der Waals surface area contributed by atoms with Crippen LogP contribution in [-0.4, -0.2) is 24.3 Å². The van der Waals surface area contributed by atoms with Gasteiger partial charge in [0.25, 0.3) is 0 Å². The minimum atomic E-state index is -0.604. The first kappa shape index (κ1) is 19.1. The van der Waals surface area contributed by atoms with E-state index in [0.717, 1.165) is 12.8 Å². The van der Waals surface area contributed by atoms with Crippen LogP contribution in [0.4, 0.5) is 5.69 Å². The summed E-state index contributed by atoms with van der Waals surface area (Å²) in [4.78, 5) is 12.1. The fraction of sp³-hybridized carbons (Fsp3) is 0.182. The molecule has 0 saturated carbocycles. The Hall–Kier alpha value is -3.72. The maximum absolute atomic E-state index is 12.1. The van der Waals surface area contributed by atoms with Gasteiger partial charge in [0, 0.05) is 18.0 Å². The van der Waals surface area contributed by atoms with E-state index in [1.807, 2.05) is 42.5 Å². The van der Waals surface area contributed by atoms with Crippen molar-refractivity contribution in [3.8, 4) is 17.5 Å². The van der Waals surface area contributed by atoms with Crippen molar-refractivity contribution in [3.05, 3.63) is 77.6 Å². The second kappa shape index (κ2) is 8.78. The van der Waals surface area contributed by atoms with Crippen LogP contribution in [0, 0.1) is 11.3 Å². The van der Waals surface area contributed by atoms with E-state index in [1.54, 1.807) is 10.6 Å². The third-order valence-corrected chi connectivity index (χ3v) is 4.36. The number of anilines is 1. The molecule has 0 bridgehead atoms. The van der Waals surface area contributed by atoms with E-state index in [-0.39, 0.29) is 16.9 Å². The highest BCUT2D eigenvalue weighted by Crippen LogP contribution is 2.26. The van der Waals surface area contributed by atoms with Gasteiger partial charge in [-0.3, -0.25) is 0 Å². The third kappa shape index (κ3) is 4.15. The molecule has 2 N–H and O–H groups in total. The number of esters is 1. The van der Waals surface area contributed by atoms with Crippen LogP contribution in [0.2, 0.25) is 0 Å². The van der Waals surface area contributed by atoms with Crippen molar-refractivity contribution in [2.45, 2.75) is 12.8 Å². The number of benzene rings is 2. The van der Waals surface area contributed by atoms with Gasteiger partial charge in [-0.05, 0) is 30.5 Å². The number of nitrogens with zero attached hydrogens (tertiary/aromatic N) is 2. The molecule has 0 aliphatic rings. The quantitative estimate of drug-likeness (QED) is 0.502. The Morgan fingerprint density at radius 1 is 1.18 bits per heavy atom. The van der Waals surface area contributed by atoms with Crippen LogP contribution >= 0.6 is 0 Å². The molecule has 0 saturated heterocycles. The van der Waals surface area contributed by atoms with Gasteiger partial charge < -0.3 is 19.8 Å². The Morgan fingerprint density at radius 2 is 1.96 bits per heavy atom. The molecule has 142 valence electrons. The number of carbonyl (C=O) groups is 1. The molecule has 1 heterocycles. The molecule has 2 aromatic carbocycles. The zero-order valence-corrected chi connectivity index (χ0v) is 15.6. The second-order valence-electron chi connectivity index (χ2n) is 6.21. The highest BCUT2D eigenvalue weighted by molar-refractivity contribution is 5.95. The number of aryl methyl sites for hydroxylation is 1. The Balaban J connectivity index is 1.75. The Morgan fingerprint density at radius 3 is 2.68 bits per heavy atom. The molecule has 3 aromatic rings. The van der Waals surface area contributed by atoms with Crippen molar-refractivity contribution < 1.29 is 14.3 Å². The molecule has 0 fully saturated rings. The van der Waals surface area contributed by atoms with E-state index in [2.05, 4.69) is 12.1 Å². The molecule has 6 nitrogen and oxygen atoms in total. The number of ether oxygens (including phenoxy) is 2. The van der Waals surface area contributed by atoms with Crippen LogP contribution in [-0.2, 0) is 11.2 Å². The highest BCUT2D eigenvalue weighted by atomic mass is 16.5. The molecular weight excluding hydrogens is 354 g/mol. The second-order valence-corrected chi connectivity index (χ2v) is 6.21. The molecule has 6 heteroatoms. The lowest BCUT2D eigenvalue weighted by atomic mass is 10.1. The highest BCUT2D eigenvalue weighted by Gasteiger charge is 2.21. The third-order valence-electron chi connectivity index (χ3n) is 4.36. The minimum absolute atomic E-state index is 0.100. The van der Waals surface area contributed by atoms with Crippen LogP contribution in [0.3, 0.4) is 0 Å². The summed E-state index contributed by atoms with van der Waals surface area (Å²) in [7, 11) is 1.28. The zero-order valence-electron chi connectivity index (χ0n) is 15.6. The fourth-order valence-electron chi connectivity index (χ4n) is 2.95. The number of methoxy groups -OCH3 is 1. The summed E-state index contributed by atoms with van der Waals surface area (Å²) in [5.41, 5.74) is 8.32. The molecule has 0 unspecified atom stereocenters. The van der Waals surface area contributed by atoms with Gasteiger partial charge in [-0.1, -0.05) is 36.4 Å². The largest absolute Gasteiger partial charge is 0.494 e. The van der Waals surface area contributed by atoms with E-state index in [0.29, 0.717) is 18.0 Å². The molecule has 28 heavy (non-hydrogen) atoms. The number of nitrogens with two attached hydrogens (primary N) is 1. The zero-order chi connectivity index (χ0) is 19.9. The summed E-state index contributed by atoms with van der Waals surface area (Å²) >= 11 is 0. The summed E-state index contributed by atoms with van der Waals surface area (Å²) in [5.74, 6) is 0.0698. The minimum Gasteiger partial charge on any atom is -0.494 e. The molecule has 0 amide bonds. The molecule has 3 rings (SSSR count). The lowest BCUT2D eigenvalue weighted by molar-refractivity contribution is 0.0593. The monoisotopic (exact) mass is 375 g/mol. The topological polar surface area (TPSA) is 90.3 Å². The number of nitriles is 1. The van der Waals surface area contributed by atoms with Crippen molar-refractivity contribution in [2.75, 3.05) is 19.5 Å². The number of hydrogen-bond acceptors (Lipinski definition) is 5. The van der Waals surface area contributed by atoms with E-state index in [4.69, 9.17) is 15.2 Å². The summed E-state index contributed by atoms with van der Waals surface area (Å²) in [6.45, 7) is 0.569. The molecule has 0 atom stereocenters. The average molecular weight is 375 g/mol. The van der Waals surface area contributed by atoms with E-state index >= 15 is 0 Å². The fourth-order valence-corrected chi connectivity index (χ4v) is 2.95. The Bertz CT molecular complexity index is 1000. The lowest BCUT2D eigenvalue weighted by Crippen LogP contribution is -2.11. The standard InChI is InChI=1S/C22H21N3O3/c1-27-22(26)21-20(24)17(14-23)15-25(21)18-10-5-11-19(13-18)28-12-6-9-16-7-3-2-4-8-16/h2-5,7-8,10-11,13,15H,6,9,12,24H2,1H3. The van der Waals surface area contributed by atoms with Gasteiger partial charge in [-0.25, -0.2) is 4.79 Å². The van der Waals surface area contributed by atoms with Gasteiger partial charge in [0.05, 0.1) is 25.0 Å². The van der Waals surface area contributed by atoms with Gasteiger partial charge in [-0.2, -0.15) is 5.26 Å². The van der Waals surface area contributed by atoms with Gasteiger partial charge in [0.2, 0.25) is 0 Å². The Labute approximate surface area is 163 Å². The lowest BCUT2D eigenvalue weighted by Gasteiger charge is -2.11. The SMILES string of the molecule is COC(=O)c1c(N)c(C#N)cn1-c1cccc(OCCCc2ccccc2)c1. The predicted octanol–water partition coefficient (Wildman–Crippen LogP) is 3.73. The van der Waals surface area contributed by atoms with Crippen molar-refractivity contribution in [1.29, 1.82) is 5.26 Å². The van der Waals surface area contributed by atoms with Crippen LogP contribution in [0.1, 0.15) is 28.0 Å². The maximum atomic E-state index is 12.1. The number of aromatic nitrogens is 1.